The van der Waals surface area contributed by atoms with Gasteiger partial charge in [0.2, 0.25) is 0 Å². The molecule has 0 spiro atoms. The molecular weight excluding hydrogens is 172 g/mol. The van der Waals surface area contributed by atoms with Crippen LogP contribution in [-0.4, -0.2) is 6.54 Å². The molecule has 0 unspecified atom stereocenters. The second-order valence-corrected chi connectivity index (χ2v) is 2.98. The van der Waals surface area contributed by atoms with Crippen LogP contribution in [0.15, 0.2) is 36.4 Å². The molecule has 0 aliphatic rings. The zero-order valence-corrected chi connectivity index (χ0v) is 8.33. The van der Waals surface area contributed by atoms with Crippen molar-refractivity contribution in [3.8, 4) is 6.07 Å². The largest absolute Gasteiger partial charge is 0.385 e. The summed E-state index contributed by atoms with van der Waals surface area (Å²) in [5, 5.41) is 11.9. The second-order valence-electron chi connectivity index (χ2n) is 2.98. The molecule has 0 bridgehead atoms. The lowest BCUT2D eigenvalue weighted by Crippen LogP contribution is -1.99. The minimum absolute atomic E-state index is 0.695. The van der Waals surface area contributed by atoms with Crippen molar-refractivity contribution < 1.29 is 0 Å². The van der Waals surface area contributed by atoms with Crippen LogP contribution in [-0.2, 0) is 0 Å². The predicted octanol–water partition coefficient (Wildman–Crippen LogP) is 2.94. The molecule has 1 aromatic rings. The van der Waals surface area contributed by atoms with Gasteiger partial charge in [0.1, 0.15) is 0 Å². The number of nitrogens with zero attached hydrogens (tertiary/aromatic N) is 1. The number of nitrogens with one attached hydrogen (secondary N) is 1. The van der Waals surface area contributed by atoms with Crippen molar-refractivity contribution in [2.24, 2.45) is 0 Å². The van der Waals surface area contributed by atoms with E-state index < -0.39 is 0 Å². The third-order valence-corrected chi connectivity index (χ3v) is 1.87. The van der Waals surface area contributed by atoms with Gasteiger partial charge in [-0.3, -0.25) is 0 Å². The SMILES string of the molecule is C/C=C/CCNc1cccc(C#N)c1. The Morgan fingerprint density at radius 1 is 1.50 bits per heavy atom. The van der Waals surface area contributed by atoms with E-state index >= 15 is 0 Å². The van der Waals surface area contributed by atoms with Crippen molar-refractivity contribution in [2.45, 2.75) is 13.3 Å². The number of allylic oxidation sites excluding steroid dienone is 1. The maximum absolute atomic E-state index is 8.68. The highest BCUT2D eigenvalue weighted by Crippen LogP contribution is 2.09. The summed E-state index contributed by atoms with van der Waals surface area (Å²) in [4.78, 5) is 0. The Hall–Kier alpha value is -1.75. The molecule has 2 heteroatoms. The summed E-state index contributed by atoms with van der Waals surface area (Å²) in [5.41, 5.74) is 1.70. The highest BCUT2D eigenvalue weighted by Gasteiger charge is 1.92. The first-order valence-corrected chi connectivity index (χ1v) is 4.72. The molecule has 0 radical (unpaired) electrons. The Kier molecular flexibility index (Phi) is 4.30. The zero-order chi connectivity index (χ0) is 10.2. The molecule has 1 N–H and O–H groups in total. The van der Waals surface area contributed by atoms with Crippen LogP contribution in [0.2, 0.25) is 0 Å². The van der Waals surface area contributed by atoms with Crippen molar-refractivity contribution in [1.82, 2.24) is 0 Å². The lowest BCUT2D eigenvalue weighted by Gasteiger charge is -2.03. The highest BCUT2D eigenvalue weighted by molar-refractivity contribution is 5.49. The summed E-state index contributed by atoms with van der Waals surface area (Å²) in [7, 11) is 0. The van der Waals surface area contributed by atoms with Gasteiger partial charge in [-0.05, 0) is 31.5 Å². The molecule has 0 saturated heterocycles. The lowest BCUT2D eigenvalue weighted by molar-refractivity contribution is 1.06. The molecule has 14 heavy (non-hydrogen) atoms. The van der Waals surface area contributed by atoms with Gasteiger partial charge in [-0.15, -0.1) is 0 Å². The number of hydrogen-bond acceptors (Lipinski definition) is 2. The molecule has 0 fully saturated rings. The maximum Gasteiger partial charge on any atom is 0.0992 e. The summed E-state index contributed by atoms with van der Waals surface area (Å²) in [6.45, 7) is 2.91. The van der Waals surface area contributed by atoms with Gasteiger partial charge in [-0.25, -0.2) is 0 Å². The third kappa shape index (κ3) is 3.32. The van der Waals surface area contributed by atoms with E-state index in [9.17, 15) is 0 Å². The first kappa shape index (κ1) is 10.3. The van der Waals surface area contributed by atoms with E-state index in [0.29, 0.717) is 5.56 Å². The fourth-order valence-electron chi connectivity index (χ4n) is 1.17. The van der Waals surface area contributed by atoms with Gasteiger partial charge in [-0.1, -0.05) is 18.2 Å². The van der Waals surface area contributed by atoms with E-state index in [1.165, 1.54) is 0 Å². The van der Waals surface area contributed by atoms with Crippen LogP contribution in [0.4, 0.5) is 5.69 Å². The topological polar surface area (TPSA) is 35.8 Å². The Labute approximate surface area is 84.9 Å². The van der Waals surface area contributed by atoms with E-state index in [1.54, 1.807) is 6.07 Å². The summed E-state index contributed by atoms with van der Waals surface area (Å²) in [6, 6.07) is 9.63. The molecule has 0 aliphatic heterocycles. The van der Waals surface area contributed by atoms with Crippen LogP contribution in [0.1, 0.15) is 18.9 Å². The molecule has 1 rings (SSSR count). The van der Waals surface area contributed by atoms with E-state index in [2.05, 4.69) is 17.5 Å². The van der Waals surface area contributed by atoms with Crippen LogP contribution in [0, 0.1) is 11.3 Å². The van der Waals surface area contributed by atoms with Crippen LogP contribution >= 0.6 is 0 Å². The van der Waals surface area contributed by atoms with Gasteiger partial charge in [0, 0.05) is 12.2 Å². The molecule has 0 heterocycles. The standard InChI is InChI=1S/C12H14N2/c1-2-3-4-8-14-12-7-5-6-11(9-12)10-13/h2-3,5-7,9,14H,4,8H2,1H3/b3-2+. The molecule has 0 saturated carbocycles. The maximum atomic E-state index is 8.68. The number of nitriles is 1. The van der Waals surface area contributed by atoms with Crippen LogP contribution in [0.3, 0.4) is 0 Å². The lowest BCUT2D eigenvalue weighted by atomic mass is 10.2. The molecule has 0 atom stereocenters. The quantitative estimate of drug-likeness (QED) is 0.579. The van der Waals surface area contributed by atoms with Crippen molar-refractivity contribution >= 4 is 5.69 Å². The smallest absolute Gasteiger partial charge is 0.0992 e. The number of hydrogen-bond donors (Lipinski definition) is 1. The number of benzene rings is 1. The fraction of sp³-hybridized carbons (Fsp3) is 0.250. The fourth-order valence-corrected chi connectivity index (χ4v) is 1.17. The predicted molar refractivity (Wildman–Crippen MR) is 59.1 cm³/mol. The van der Waals surface area contributed by atoms with Gasteiger partial charge in [0.15, 0.2) is 0 Å². The van der Waals surface area contributed by atoms with Gasteiger partial charge in [-0.2, -0.15) is 5.26 Å². The molecule has 2 nitrogen and oxygen atoms in total. The van der Waals surface area contributed by atoms with Crippen LogP contribution in [0.25, 0.3) is 0 Å². The summed E-state index contributed by atoms with van der Waals surface area (Å²) in [5.74, 6) is 0. The number of rotatable bonds is 4. The Bertz CT molecular complexity index is 348. The minimum Gasteiger partial charge on any atom is -0.385 e. The van der Waals surface area contributed by atoms with Gasteiger partial charge >= 0.3 is 0 Å². The van der Waals surface area contributed by atoms with Crippen LogP contribution < -0.4 is 5.32 Å². The van der Waals surface area contributed by atoms with E-state index in [1.807, 2.05) is 31.2 Å². The molecule has 0 aromatic heterocycles. The first-order valence-electron chi connectivity index (χ1n) is 4.72. The molecule has 0 aliphatic carbocycles. The van der Waals surface area contributed by atoms with Crippen molar-refractivity contribution in [2.75, 3.05) is 11.9 Å². The highest BCUT2D eigenvalue weighted by atomic mass is 14.9. The van der Waals surface area contributed by atoms with Gasteiger partial charge in [0.05, 0.1) is 11.6 Å². The molecule has 72 valence electrons. The first-order chi connectivity index (χ1) is 6.86. The third-order valence-electron chi connectivity index (χ3n) is 1.87. The molecule has 0 amide bonds. The van der Waals surface area contributed by atoms with E-state index in [0.717, 1.165) is 18.7 Å². The minimum atomic E-state index is 0.695. The molecular formula is C12H14N2. The Morgan fingerprint density at radius 3 is 3.07 bits per heavy atom. The zero-order valence-electron chi connectivity index (χ0n) is 8.33. The summed E-state index contributed by atoms with van der Waals surface area (Å²) >= 11 is 0. The average molecular weight is 186 g/mol. The van der Waals surface area contributed by atoms with Crippen molar-refractivity contribution in [3.63, 3.8) is 0 Å². The average Bonchev–Trinajstić information content (AvgIpc) is 2.25. The number of anilines is 1. The summed E-state index contributed by atoms with van der Waals surface area (Å²) < 4.78 is 0. The van der Waals surface area contributed by atoms with Gasteiger partial charge in [0.25, 0.3) is 0 Å². The van der Waals surface area contributed by atoms with Crippen LogP contribution in [0.5, 0.6) is 0 Å². The monoisotopic (exact) mass is 186 g/mol. The van der Waals surface area contributed by atoms with Crippen molar-refractivity contribution in [3.05, 3.63) is 42.0 Å². The van der Waals surface area contributed by atoms with Gasteiger partial charge < -0.3 is 5.32 Å². The second kappa shape index (κ2) is 5.82. The normalized spacial score (nSPS) is 10.0. The van der Waals surface area contributed by atoms with E-state index in [-0.39, 0.29) is 0 Å². The summed E-state index contributed by atoms with van der Waals surface area (Å²) in [6.07, 6.45) is 5.15. The van der Waals surface area contributed by atoms with Crippen molar-refractivity contribution in [1.29, 1.82) is 5.26 Å². The Morgan fingerprint density at radius 2 is 2.36 bits per heavy atom. The Balaban J connectivity index is 2.47. The molecule has 1 aromatic carbocycles. The van der Waals surface area contributed by atoms with E-state index in [4.69, 9.17) is 5.26 Å².